The molecule has 1 saturated heterocycles. The van der Waals surface area contributed by atoms with E-state index < -0.39 is 15.8 Å². The Hall–Kier alpha value is -2.52. The highest BCUT2D eigenvalue weighted by Crippen LogP contribution is 2.52. The Kier molecular flexibility index (Phi) is 4.61. The topological polar surface area (TPSA) is 79.8 Å². The lowest BCUT2D eigenvalue weighted by atomic mass is 9.61. The van der Waals surface area contributed by atoms with Gasteiger partial charge in [0.25, 0.3) is 5.91 Å². The maximum atomic E-state index is 14.1. The zero-order valence-corrected chi connectivity index (χ0v) is 19.2. The second kappa shape index (κ2) is 7.24. The van der Waals surface area contributed by atoms with E-state index in [-0.39, 0.29) is 28.3 Å². The lowest BCUT2D eigenvalue weighted by Gasteiger charge is -2.60. The number of amides is 1. The molecule has 9 heteroatoms. The smallest absolute Gasteiger partial charge is 0.259 e. The molecule has 0 unspecified atom stereocenters. The second-order valence-corrected chi connectivity index (χ2v) is 11.9. The van der Waals surface area contributed by atoms with Gasteiger partial charge in [-0.3, -0.25) is 9.78 Å². The van der Waals surface area contributed by atoms with E-state index in [9.17, 15) is 17.6 Å². The van der Waals surface area contributed by atoms with E-state index in [0.29, 0.717) is 36.9 Å². The molecule has 1 atom stereocenters. The van der Waals surface area contributed by atoms with Gasteiger partial charge in [-0.15, -0.1) is 0 Å². The minimum absolute atomic E-state index is 0.0310. The molecule has 0 bridgehead atoms. The van der Waals surface area contributed by atoms with Crippen molar-refractivity contribution in [2.75, 3.05) is 19.7 Å². The number of fused-ring (bicyclic) bond motifs is 1. The van der Waals surface area contributed by atoms with Gasteiger partial charge in [0, 0.05) is 48.4 Å². The molecule has 1 aromatic carbocycles. The summed E-state index contributed by atoms with van der Waals surface area (Å²) in [6.45, 7) is 3.12. The fourth-order valence-electron chi connectivity index (χ4n) is 5.55. The maximum Gasteiger partial charge on any atom is 0.259 e. The molecule has 174 valence electrons. The normalized spacial score (nSPS) is 25.1. The van der Waals surface area contributed by atoms with E-state index >= 15 is 0 Å². The van der Waals surface area contributed by atoms with Crippen LogP contribution in [0.5, 0.6) is 5.75 Å². The predicted octanol–water partition coefficient (Wildman–Crippen LogP) is 3.17. The molecule has 2 aliphatic carbocycles. The van der Waals surface area contributed by atoms with Crippen LogP contribution in [-0.2, 0) is 10.0 Å². The summed E-state index contributed by atoms with van der Waals surface area (Å²) in [4.78, 5) is 19.5. The summed E-state index contributed by atoms with van der Waals surface area (Å²) in [5.41, 5.74) is 1.35. The molecule has 3 heterocycles. The third-order valence-electron chi connectivity index (χ3n) is 7.51. The molecule has 1 aromatic heterocycles. The van der Waals surface area contributed by atoms with Crippen molar-refractivity contribution in [1.29, 1.82) is 0 Å². The highest BCUT2D eigenvalue weighted by Gasteiger charge is 2.58. The van der Waals surface area contributed by atoms with E-state index in [0.717, 1.165) is 37.4 Å². The monoisotopic (exact) mass is 471 g/mol. The predicted molar refractivity (Wildman–Crippen MR) is 118 cm³/mol. The number of carbonyl (C=O) groups is 1. The molecule has 2 aromatic rings. The van der Waals surface area contributed by atoms with E-state index in [4.69, 9.17) is 4.74 Å². The van der Waals surface area contributed by atoms with Gasteiger partial charge in [0.1, 0.15) is 23.1 Å². The molecule has 33 heavy (non-hydrogen) atoms. The van der Waals surface area contributed by atoms with Crippen molar-refractivity contribution in [3.05, 3.63) is 53.6 Å². The van der Waals surface area contributed by atoms with Gasteiger partial charge in [-0.25, -0.2) is 12.8 Å². The first-order chi connectivity index (χ1) is 15.8. The van der Waals surface area contributed by atoms with Gasteiger partial charge in [-0.05, 0) is 44.7 Å². The van der Waals surface area contributed by atoms with Crippen LogP contribution in [0, 0.1) is 11.2 Å². The number of carbonyl (C=O) groups excluding carboxylic acids is 1. The third-order valence-corrected chi connectivity index (χ3v) is 9.34. The number of hydrogen-bond acceptors (Lipinski definition) is 5. The molecule has 3 fully saturated rings. The maximum absolute atomic E-state index is 14.1. The molecule has 1 amide bonds. The number of hydrogen-bond donors (Lipinski definition) is 0. The SMILES string of the molecule is C[C@@H]1COc2cc(C3CC3)ncc2C(=O)N1C1CC2(C1)CN(S(=O)(=O)c1ccccc1F)C2. The van der Waals surface area contributed by atoms with Gasteiger partial charge < -0.3 is 9.64 Å². The Morgan fingerprint density at radius 3 is 2.61 bits per heavy atom. The first-order valence-electron chi connectivity index (χ1n) is 11.5. The van der Waals surface area contributed by atoms with E-state index in [1.54, 1.807) is 6.20 Å². The Morgan fingerprint density at radius 1 is 1.18 bits per heavy atom. The van der Waals surface area contributed by atoms with Crippen LogP contribution in [0.15, 0.2) is 41.4 Å². The Bertz CT molecular complexity index is 1230. The minimum atomic E-state index is -3.85. The number of rotatable bonds is 4. The first kappa shape index (κ1) is 21.0. The van der Waals surface area contributed by atoms with Gasteiger partial charge in [0.2, 0.25) is 10.0 Å². The van der Waals surface area contributed by atoms with Gasteiger partial charge in [0.05, 0.1) is 11.6 Å². The summed E-state index contributed by atoms with van der Waals surface area (Å²) in [5.74, 6) is 0.302. The third kappa shape index (κ3) is 3.35. The van der Waals surface area contributed by atoms with Crippen LogP contribution in [0.4, 0.5) is 4.39 Å². The van der Waals surface area contributed by atoms with Crippen molar-refractivity contribution in [2.45, 2.75) is 55.5 Å². The number of halogens is 1. The first-order valence-corrected chi connectivity index (χ1v) is 12.9. The minimum Gasteiger partial charge on any atom is -0.490 e. The number of nitrogens with zero attached hydrogens (tertiary/aromatic N) is 3. The van der Waals surface area contributed by atoms with Crippen LogP contribution in [0.25, 0.3) is 0 Å². The van der Waals surface area contributed by atoms with Crippen molar-refractivity contribution in [1.82, 2.24) is 14.2 Å². The second-order valence-electron chi connectivity index (χ2n) is 10.0. The van der Waals surface area contributed by atoms with Crippen LogP contribution >= 0.6 is 0 Å². The quantitative estimate of drug-likeness (QED) is 0.684. The van der Waals surface area contributed by atoms with E-state index in [2.05, 4.69) is 4.98 Å². The van der Waals surface area contributed by atoms with Crippen molar-refractivity contribution in [2.24, 2.45) is 5.41 Å². The molecule has 0 radical (unpaired) electrons. The standard InChI is InChI=1S/C24H26FN3O4S/c1-15-12-32-21-8-20(16-6-7-16)26-11-18(21)23(29)28(15)17-9-24(10-17)13-27(14-24)33(30,31)22-5-3-2-4-19(22)25/h2-5,8,11,15-17H,6-7,9-10,12-14H2,1H3/t15-/m1/s1. The van der Waals surface area contributed by atoms with Crippen LogP contribution in [0.1, 0.15) is 54.6 Å². The fourth-order valence-corrected chi connectivity index (χ4v) is 7.28. The van der Waals surface area contributed by atoms with Crippen molar-refractivity contribution in [3.63, 3.8) is 0 Å². The Balaban J connectivity index is 1.15. The largest absolute Gasteiger partial charge is 0.490 e. The van der Waals surface area contributed by atoms with Crippen molar-refractivity contribution < 1.29 is 22.3 Å². The van der Waals surface area contributed by atoms with Crippen LogP contribution < -0.4 is 4.74 Å². The molecule has 1 spiro atoms. The Labute approximate surface area is 192 Å². The lowest BCUT2D eigenvalue weighted by Crippen LogP contribution is -2.68. The number of sulfonamides is 1. The summed E-state index contributed by atoms with van der Waals surface area (Å²) in [7, 11) is -3.85. The van der Waals surface area contributed by atoms with Gasteiger partial charge in [-0.2, -0.15) is 4.31 Å². The fraction of sp³-hybridized carbons (Fsp3) is 0.500. The summed E-state index contributed by atoms with van der Waals surface area (Å²) in [6.07, 6.45) is 5.38. The average molecular weight is 472 g/mol. The van der Waals surface area contributed by atoms with Gasteiger partial charge in [-0.1, -0.05) is 12.1 Å². The summed E-state index contributed by atoms with van der Waals surface area (Å²) < 4.78 is 47.0. The van der Waals surface area contributed by atoms with Crippen molar-refractivity contribution in [3.8, 4) is 5.75 Å². The summed E-state index contributed by atoms with van der Waals surface area (Å²) in [6, 6.07) is 7.33. The number of aromatic nitrogens is 1. The summed E-state index contributed by atoms with van der Waals surface area (Å²) >= 11 is 0. The van der Waals surface area contributed by atoms with Crippen LogP contribution in [-0.4, -0.2) is 60.3 Å². The zero-order chi connectivity index (χ0) is 23.0. The molecule has 6 rings (SSSR count). The van der Waals surface area contributed by atoms with Crippen LogP contribution in [0.3, 0.4) is 0 Å². The van der Waals surface area contributed by atoms with E-state index in [1.165, 1.54) is 22.5 Å². The molecule has 2 aliphatic heterocycles. The Morgan fingerprint density at radius 2 is 1.91 bits per heavy atom. The molecule has 0 N–H and O–H groups in total. The molecule has 7 nitrogen and oxygen atoms in total. The number of pyridine rings is 1. The number of benzene rings is 1. The van der Waals surface area contributed by atoms with Gasteiger partial charge >= 0.3 is 0 Å². The molecule has 4 aliphatic rings. The summed E-state index contributed by atoms with van der Waals surface area (Å²) in [5, 5.41) is 0. The number of ether oxygens (including phenoxy) is 1. The molecular weight excluding hydrogens is 445 g/mol. The highest BCUT2D eigenvalue weighted by atomic mass is 32.2. The highest BCUT2D eigenvalue weighted by molar-refractivity contribution is 7.89. The van der Waals surface area contributed by atoms with Crippen molar-refractivity contribution >= 4 is 15.9 Å². The van der Waals surface area contributed by atoms with E-state index in [1.807, 2.05) is 17.9 Å². The lowest BCUT2D eigenvalue weighted by molar-refractivity contribution is -0.0755. The zero-order valence-electron chi connectivity index (χ0n) is 18.4. The van der Waals surface area contributed by atoms with Gasteiger partial charge in [0.15, 0.2) is 0 Å². The molecule has 2 saturated carbocycles. The average Bonchev–Trinajstić information content (AvgIpc) is 3.57. The molecular formula is C24H26FN3O4S. The van der Waals surface area contributed by atoms with Crippen LogP contribution in [0.2, 0.25) is 0 Å².